The molecule has 0 bridgehead atoms. The topological polar surface area (TPSA) is 38.1 Å². The van der Waals surface area contributed by atoms with Crippen LogP contribution >= 0.6 is 15.9 Å². The van der Waals surface area contributed by atoms with Gasteiger partial charge in [-0.1, -0.05) is 12.1 Å². The SMILES string of the molecule is CNC(C)Cc1ccc(-c2cccc3cc(Br)cnc23)o1. The second kappa shape index (κ2) is 6.00. The molecule has 0 amide bonds. The first kappa shape index (κ1) is 14.3. The van der Waals surface area contributed by atoms with Crippen molar-refractivity contribution in [3.63, 3.8) is 0 Å². The molecule has 0 saturated carbocycles. The van der Waals surface area contributed by atoms with E-state index in [4.69, 9.17) is 4.42 Å². The van der Waals surface area contributed by atoms with Crippen LogP contribution in [0.4, 0.5) is 0 Å². The number of likely N-dealkylation sites (N-methyl/N-ethyl adjacent to an activating group) is 1. The summed E-state index contributed by atoms with van der Waals surface area (Å²) in [6, 6.07) is 12.7. The number of aromatic nitrogens is 1. The van der Waals surface area contributed by atoms with Crippen LogP contribution in [-0.4, -0.2) is 18.1 Å². The van der Waals surface area contributed by atoms with Gasteiger partial charge in [-0.2, -0.15) is 0 Å². The van der Waals surface area contributed by atoms with Gasteiger partial charge in [0.2, 0.25) is 0 Å². The van der Waals surface area contributed by atoms with Crippen LogP contribution in [0.5, 0.6) is 0 Å². The van der Waals surface area contributed by atoms with Gasteiger partial charge in [0.15, 0.2) is 0 Å². The standard InChI is InChI=1S/C17H17BrN2O/c1-11(19-2)8-14-6-7-16(21-14)15-5-3-4-12-9-13(18)10-20-17(12)15/h3-7,9-11,19H,8H2,1-2H3. The van der Waals surface area contributed by atoms with Crippen LogP contribution in [0.15, 0.2) is 51.5 Å². The molecule has 0 fully saturated rings. The van der Waals surface area contributed by atoms with Gasteiger partial charge < -0.3 is 9.73 Å². The summed E-state index contributed by atoms with van der Waals surface area (Å²) >= 11 is 3.46. The Kier molecular flexibility index (Phi) is 4.08. The Morgan fingerprint density at radius 3 is 2.95 bits per heavy atom. The molecule has 1 unspecified atom stereocenters. The van der Waals surface area contributed by atoms with Gasteiger partial charge in [0.25, 0.3) is 0 Å². The number of hydrogen-bond donors (Lipinski definition) is 1. The largest absolute Gasteiger partial charge is 0.461 e. The van der Waals surface area contributed by atoms with Gasteiger partial charge in [-0.05, 0) is 54.2 Å². The summed E-state index contributed by atoms with van der Waals surface area (Å²) in [7, 11) is 1.96. The number of halogens is 1. The molecule has 1 N–H and O–H groups in total. The van der Waals surface area contributed by atoms with Gasteiger partial charge in [0, 0.05) is 34.1 Å². The van der Waals surface area contributed by atoms with Gasteiger partial charge in [0.05, 0.1) is 5.52 Å². The predicted molar refractivity (Wildman–Crippen MR) is 89.4 cm³/mol. The van der Waals surface area contributed by atoms with Gasteiger partial charge in [-0.3, -0.25) is 4.98 Å². The summed E-state index contributed by atoms with van der Waals surface area (Å²) < 4.78 is 6.97. The Balaban J connectivity index is 2.01. The third kappa shape index (κ3) is 3.01. The molecule has 0 aliphatic heterocycles. The van der Waals surface area contributed by atoms with Crippen LogP contribution in [0.3, 0.4) is 0 Å². The van der Waals surface area contributed by atoms with E-state index >= 15 is 0 Å². The fourth-order valence-corrected chi connectivity index (χ4v) is 2.72. The number of para-hydroxylation sites is 1. The second-order valence-electron chi connectivity index (χ2n) is 5.19. The van der Waals surface area contributed by atoms with E-state index in [9.17, 15) is 0 Å². The molecule has 108 valence electrons. The number of fused-ring (bicyclic) bond motifs is 1. The summed E-state index contributed by atoms with van der Waals surface area (Å²) in [5.41, 5.74) is 1.99. The van der Waals surface area contributed by atoms with Crippen molar-refractivity contribution in [3.05, 3.63) is 52.8 Å². The number of furan rings is 1. The molecule has 1 aromatic carbocycles. The zero-order valence-corrected chi connectivity index (χ0v) is 13.6. The average Bonchev–Trinajstić information content (AvgIpc) is 2.94. The molecule has 0 radical (unpaired) electrons. The fraction of sp³-hybridized carbons (Fsp3) is 0.235. The van der Waals surface area contributed by atoms with Crippen LogP contribution in [0.25, 0.3) is 22.2 Å². The fourth-order valence-electron chi connectivity index (χ4n) is 2.37. The van der Waals surface area contributed by atoms with E-state index < -0.39 is 0 Å². The third-order valence-electron chi connectivity index (χ3n) is 3.60. The minimum atomic E-state index is 0.394. The number of nitrogens with one attached hydrogen (secondary N) is 1. The minimum Gasteiger partial charge on any atom is -0.461 e. The number of benzene rings is 1. The Hall–Kier alpha value is -1.65. The van der Waals surface area contributed by atoms with E-state index in [-0.39, 0.29) is 0 Å². The van der Waals surface area contributed by atoms with Crippen molar-refractivity contribution < 1.29 is 4.42 Å². The van der Waals surface area contributed by atoms with Gasteiger partial charge in [-0.25, -0.2) is 0 Å². The molecule has 3 nitrogen and oxygen atoms in total. The highest BCUT2D eigenvalue weighted by atomic mass is 79.9. The molecule has 1 atom stereocenters. The van der Waals surface area contributed by atoms with Crippen LogP contribution < -0.4 is 5.32 Å². The van der Waals surface area contributed by atoms with E-state index in [0.29, 0.717) is 6.04 Å². The quantitative estimate of drug-likeness (QED) is 0.761. The summed E-state index contributed by atoms with van der Waals surface area (Å²) in [6.45, 7) is 2.14. The molecule has 3 aromatic rings. The average molecular weight is 345 g/mol. The Labute approximate surface area is 132 Å². The molecule has 0 aliphatic rings. The molecular weight excluding hydrogens is 328 g/mol. The van der Waals surface area contributed by atoms with E-state index in [0.717, 1.165) is 38.9 Å². The number of pyridine rings is 1. The lowest BCUT2D eigenvalue weighted by Crippen LogP contribution is -2.23. The number of nitrogens with zero attached hydrogens (tertiary/aromatic N) is 1. The Morgan fingerprint density at radius 2 is 2.14 bits per heavy atom. The van der Waals surface area contributed by atoms with Gasteiger partial charge in [0.1, 0.15) is 11.5 Å². The first-order chi connectivity index (χ1) is 10.2. The third-order valence-corrected chi connectivity index (χ3v) is 4.04. The maximum atomic E-state index is 5.99. The van der Waals surface area contributed by atoms with Crippen molar-refractivity contribution in [2.24, 2.45) is 0 Å². The highest BCUT2D eigenvalue weighted by Gasteiger charge is 2.11. The van der Waals surface area contributed by atoms with Crippen molar-refractivity contribution in [2.45, 2.75) is 19.4 Å². The maximum Gasteiger partial charge on any atom is 0.136 e. The molecule has 0 aliphatic carbocycles. The number of rotatable bonds is 4. The van der Waals surface area contributed by atoms with E-state index in [1.807, 2.05) is 37.5 Å². The minimum absolute atomic E-state index is 0.394. The van der Waals surface area contributed by atoms with Crippen LogP contribution in [0.2, 0.25) is 0 Å². The zero-order valence-electron chi connectivity index (χ0n) is 12.1. The molecule has 21 heavy (non-hydrogen) atoms. The summed E-state index contributed by atoms with van der Waals surface area (Å²) in [6.07, 6.45) is 2.69. The molecule has 2 aromatic heterocycles. The lowest BCUT2D eigenvalue weighted by molar-refractivity contribution is 0.481. The first-order valence-corrected chi connectivity index (χ1v) is 7.77. The maximum absolute atomic E-state index is 5.99. The highest BCUT2D eigenvalue weighted by molar-refractivity contribution is 9.10. The van der Waals surface area contributed by atoms with Crippen molar-refractivity contribution >= 4 is 26.8 Å². The molecule has 0 saturated heterocycles. The predicted octanol–water partition coefficient (Wildman–Crippen LogP) is 4.41. The second-order valence-corrected chi connectivity index (χ2v) is 6.11. The van der Waals surface area contributed by atoms with E-state index in [1.165, 1.54) is 0 Å². The van der Waals surface area contributed by atoms with Gasteiger partial charge >= 0.3 is 0 Å². The molecule has 3 rings (SSSR count). The Bertz CT molecular complexity index is 766. The van der Waals surface area contributed by atoms with Crippen LogP contribution in [-0.2, 0) is 6.42 Å². The molecule has 2 heterocycles. The molecule has 4 heteroatoms. The zero-order chi connectivity index (χ0) is 14.8. The first-order valence-electron chi connectivity index (χ1n) is 6.98. The molecule has 0 spiro atoms. The van der Waals surface area contributed by atoms with Gasteiger partial charge in [-0.15, -0.1) is 0 Å². The van der Waals surface area contributed by atoms with Crippen LogP contribution in [0.1, 0.15) is 12.7 Å². The van der Waals surface area contributed by atoms with Crippen molar-refractivity contribution in [1.29, 1.82) is 0 Å². The van der Waals surface area contributed by atoms with Crippen LogP contribution in [0, 0.1) is 0 Å². The monoisotopic (exact) mass is 344 g/mol. The van der Waals surface area contributed by atoms with E-state index in [1.54, 1.807) is 0 Å². The lowest BCUT2D eigenvalue weighted by atomic mass is 10.1. The number of hydrogen-bond acceptors (Lipinski definition) is 3. The highest BCUT2D eigenvalue weighted by Crippen LogP contribution is 2.30. The molecular formula is C17H17BrN2O. The Morgan fingerprint density at radius 1 is 1.29 bits per heavy atom. The smallest absolute Gasteiger partial charge is 0.136 e. The summed E-state index contributed by atoms with van der Waals surface area (Å²) in [5.74, 6) is 1.86. The lowest BCUT2D eigenvalue weighted by Gasteiger charge is -2.07. The summed E-state index contributed by atoms with van der Waals surface area (Å²) in [4.78, 5) is 4.52. The van der Waals surface area contributed by atoms with Crippen molar-refractivity contribution in [1.82, 2.24) is 10.3 Å². The normalized spacial score (nSPS) is 12.7. The van der Waals surface area contributed by atoms with Crippen molar-refractivity contribution in [3.8, 4) is 11.3 Å². The van der Waals surface area contributed by atoms with Crippen molar-refractivity contribution in [2.75, 3.05) is 7.05 Å². The summed E-state index contributed by atoms with van der Waals surface area (Å²) in [5, 5.41) is 4.32. The van der Waals surface area contributed by atoms with E-state index in [2.05, 4.69) is 45.3 Å².